The third-order valence-corrected chi connectivity index (χ3v) is 22.5. The number of hydrogen-bond acceptors (Lipinski definition) is 11. The van der Waals surface area contributed by atoms with Crippen LogP contribution in [0.4, 0.5) is 23.3 Å². The summed E-state index contributed by atoms with van der Waals surface area (Å²) in [7, 11) is 0. The van der Waals surface area contributed by atoms with E-state index in [-0.39, 0.29) is 0 Å². The lowest BCUT2D eigenvalue weighted by molar-refractivity contribution is 0.626. The highest BCUT2D eigenvalue weighted by molar-refractivity contribution is 8.04. The number of rotatable bonds is 53. The normalized spacial score (nSPS) is 11.5. The lowest BCUT2D eigenvalue weighted by atomic mass is 10.1. The minimum absolute atomic E-state index is 0.579. The molecule has 2 N–H and O–H groups in total. The van der Waals surface area contributed by atoms with Crippen LogP contribution in [-0.4, -0.2) is 49.5 Å². The number of hydrogen-bond donors (Lipinski definition) is 2. The quantitative estimate of drug-likeness (QED) is 0.0328. The zero-order valence-electron chi connectivity index (χ0n) is 52.6. The molecule has 3 aromatic carbocycles. The Kier molecular flexibility index (Phi) is 43.0. The van der Waals surface area contributed by atoms with Gasteiger partial charge in [0.05, 0.1) is 0 Å². The first kappa shape index (κ1) is 71.8. The second kappa shape index (κ2) is 48.5. The van der Waals surface area contributed by atoms with Gasteiger partial charge in [0, 0.05) is 46.3 Å². The number of nitrogens with zero attached hydrogens (tertiary/aromatic N) is 3. The van der Waals surface area contributed by atoms with Gasteiger partial charge in [0.15, 0.2) is 5.82 Å². The molecule has 0 amide bonds. The lowest BCUT2D eigenvalue weighted by Crippen LogP contribution is -2.06. The lowest BCUT2D eigenvalue weighted by Gasteiger charge is -2.19. The average molecular weight is 1220 g/mol. The van der Waals surface area contributed by atoms with E-state index in [0.29, 0.717) is 17.7 Å². The summed E-state index contributed by atoms with van der Waals surface area (Å²) in [5, 5.41) is 7.67. The zero-order valence-corrected chi connectivity index (χ0v) is 57.5. The molecule has 0 aliphatic rings. The number of aromatic nitrogens is 3. The fraction of sp³-hybridized carbons (Fsp3) is 0.700. The van der Waals surface area contributed by atoms with Crippen LogP contribution >= 0.6 is 70.6 Å². The Hall–Kier alpha value is -1.63. The summed E-state index contributed by atoms with van der Waals surface area (Å²) in [6.45, 7) is 16.0. The molecule has 0 fully saturated rings. The first-order valence-electron chi connectivity index (χ1n) is 33.4. The second-order valence-electron chi connectivity index (χ2n) is 22.7. The summed E-state index contributed by atoms with van der Waals surface area (Å²) >= 11 is 12.5. The fourth-order valence-electron chi connectivity index (χ4n) is 9.96. The summed E-state index contributed by atoms with van der Waals surface area (Å²) in [4.78, 5) is 24.3. The van der Waals surface area contributed by atoms with E-state index in [1.807, 2.05) is 0 Å². The predicted molar refractivity (Wildman–Crippen MR) is 374 cm³/mol. The molecule has 0 unspecified atom stereocenters. The molecule has 0 spiro atoms. The van der Waals surface area contributed by atoms with Crippen molar-refractivity contribution in [2.24, 2.45) is 0 Å². The number of nitrogens with one attached hydrogen (secondary N) is 2. The largest absolute Gasteiger partial charge is 0.324 e. The van der Waals surface area contributed by atoms with Crippen molar-refractivity contribution in [3.8, 4) is 11.4 Å². The van der Waals surface area contributed by atoms with Gasteiger partial charge in [-0.3, -0.25) is 0 Å². The monoisotopic (exact) mass is 1220 g/mol. The molecule has 1 heterocycles. The van der Waals surface area contributed by atoms with Crippen LogP contribution in [0.2, 0.25) is 0 Å². The molecular formula is C70H115N5S6. The molecule has 1 aromatic heterocycles. The molecule has 4 rings (SSSR count). The van der Waals surface area contributed by atoms with Gasteiger partial charge < -0.3 is 10.6 Å². The maximum atomic E-state index is 5.27. The molecule has 456 valence electrons. The van der Waals surface area contributed by atoms with Crippen LogP contribution < -0.4 is 10.6 Å². The average Bonchev–Trinajstić information content (AvgIpc) is 3.47. The van der Waals surface area contributed by atoms with Crippen molar-refractivity contribution in [2.45, 2.75) is 309 Å². The molecule has 0 saturated carbocycles. The molecule has 0 aliphatic heterocycles. The number of benzene rings is 3. The first-order chi connectivity index (χ1) is 39.9. The SMILES string of the molecule is CCCCCCCCSc1cc(Nc2nc(Nc3cc(SCCCCCCCC)c(SCCCCCCCC)c(SCCCCCCCC)c3)nc(-c3ccc(C)cc3)n2)cc(SCCCCCCCC)c1SCCCCCCCC. The minimum Gasteiger partial charge on any atom is -0.324 e. The van der Waals surface area contributed by atoms with Crippen molar-refractivity contribution in [1.29, 1.82) is 0 Å². The predicted octanol–water partition coefficient (Wildman–Crippen LogP) is 26.0. The smallest absolute Gasteiger partial charge is 0.232 e. The van der Waals surface area contributed by atoms with Crippen LogP contribution in [-0.2, 0) is 0 Å². The Bertz CT molecular complexity index is 1970. The highest BCUT2D eigenvalue weighted by Crippen LogP contribution is 2.45. The van der Waals surface area contributed by atoms with Gasteiger partial charge in [0.1, 0.15) is 0 Å². The van der Waals surface area contributed by atoms with E-state index in [0.717, 1.165) is 39.9 Å². The second-order valence-corrected chi connectivity index (χ2v) is 29.5. The van der Waals surface area contributed by atoms with Crippen LogP contribution in [0.1, 0.15) is 278 Å². The molecule has 0 saturated heterocycles. The maximum absolute atomic E-state index is 5.27. The van der Waals surface area contributed by atoms with E-state index < -0.39 is 0 Å². The summed E-state index contributed by atoms with van der Waals surface area (Å²) in [6.07, 6.45) is 47.6. The summed E-state index contributed by atoms with van der Waals surface area (Å²) in [6, 6.07) is 18.3. The van der Waals surface area contributed by atoms with E-state index in [9.17, 15) is 0 Å². The minimum atomic E-state index is 0.579. The molecule has 0 radical (unpaired) electrons. The third kappa shape index (κ3) is 32.6. The number of anilines is 4. The maximum Gasteiger partial charge on any atom is 0.232 e. The van der Waals surface area contributed by atoms with E-state index in [1.165, 1.54) is 278 Å². The third-order valence-electron chi connectivity index (χ3n) is 15.0. The van der Waals surface area contributed by atoms with Crippen LogP contribution in [0.3, 0.4) is 0 Å². The first-order valence-corrected chi connectivity index (χ1v) is 39.3. The van der Waals surface area contributed by atoms with Gasteiger partial charge in [-0.25, -0.2) is 0 Å². The van der Waals surface area contributed by atoms with Gasteiger partial charge in [-0.2, -0.15) is 15.0 Å². The number of aryl methyl sites for hydroxylation is 1. The molecule has 0 atom stereocenters. The highest BCUT2D eigenvalue weighted by atomic mass is 32.2. The number of thioether (sulfide) groups is 6. The Morgan fingerprint density at radius 3 is 0.815 bits per heavy atom. The Morgan fingerprint density at radius 2 is 0.543 bits per heavy atom. The summed E-state index contributed by atoms with van der Waals surface area (Å²) < 4.78 is 0. The van der Waals surface area contributed by atoms with Gasteiger partial charge in [-0.1, -0.05) is 264 Å². The Labute approximate surface area is 524 Å². The highest BCUT2D eigenvalue weighted by Gasteiger charge is 2.19. The zero-order chi connectivity index (χ0) is 57.6. The standard InChI is InChI=1S/C70H115N5S6/c1-8-14-20-26-32-38-48-76-62-54-60(55-63(77-49-39-33-27-21-15-9-2)66(62)80-52-42-36-30-24-18-12-5)71-69-73-68(59-46-44-58(7)45-47-59)74-70(75-69)72-61-56-64(78-50-40-34-28-22-16-10-3)67(81-53-43-37-31-25-19-13-6)65(57-61)79-51-41-35-29-23-17-11-4/h44-47,54-57H,8-43,48-53H2,1-7H3,(H2,71,72,73,74,75). The Morgan fingerprint density at radius 1 is 0.296 bits per heavy atom. The fourth-order valence-corrected chi connectivity index (χ4v) is 17.5. The van der Waals surface area contributed by atoms with Crippen LogP contribution in [0.5, 0.6) is 0 Å². The molecule has 0 aliphatic carbocycles. The van der Waals surface area contributed by atoms with Gasteiger partial charge in [0.2, 0.25) is 11.9 Å². The Balaban J connectivity index is 1.76. The van der Waals surface area contributed by atoms with Crippen molar-refractivity contribution < 1.29 is 0 Å². The molecule has 81 heavy (non-hydrogen) atoms. The van der Waals surface area contributed by atoms with E-state index in [1.54, 1.807) is 0 Å². The van der Waals surface area contributed by atoms with Crippen molar-refractivity contribution in [1.82, 2.24) is 15.0 Å². The van der Waals surface area contributed by atoms with E-state index in [4.69, 9.17) is 15.0 Å². The van der Waals surface area contributed by atoms with Crippen LogP contribution in [0, 0.1) is 6.92 Å². The molecule has 11 heteroatoms. The van der Waals surface area contributed by atoms with Crippen molar-refractivity contribution in [2.75, 3.05) is 45.2 Å². The van der Waals surface area contributed by atoms with Gasteiger partial charge >= 0.3 is 0 Å². The van der Waals surface area contributed by atoms with Crippen molar-refractivity contribution in [3.63, 3.8) is 0 Å². The van der Waals surface area contributed by atoms with Crippen LogP contribution in [0.25, 0.3) is 11.4 Å². The molecule has 4 aromatic rings. The molecule has 0 bridgehead atoms. The molecule has 5 nitrogen and oxygen atoms in total. The summed E-state index contributed by atoms with van der Waals surface area (Å²) in [5.74, 6) is 8.77. The van der Waals surface area contributed by atoms with Gasteiger partial charge in [-0.05, 0) is 104 Å². The van der Waals surface area contributed by atoms with E-state index >= 15 is 0 Å². The number of unbranched alkanes of at least 4 members (excludes halogenated alkanes) is 30. The van der Waals surface area contributed by atoms with Crippen LogP contribution in [0.15, 0.2) is 77.9 Å². The molecular weight excluding hydrogens is 1100 g/mol. The topological polar surface area (TPSA) is 62.7 Å². The van der Waals surface area contributed by atoms with Gasteiger partial charge in [0.25, 0.3) is 0 Å². The van der Waals surface area contributed by atoms with Crippen molar-refractivity contribution in [3.05, 3.63) is 54.1 Å². The van der Waals surface area contributed by atoms with E-state index in [2.05, 4.69) is 178 Å². The van der Waals surface area contributed by atoms with Gasteiger partial charge in [-0.15, -0.1) is 70.6 Å². The van der Waals surface area contributed by atoms with Crippen molar-refractivity contribution >= 4 is 93.8 Å². The summed E-state index contributed by atoms with van der Waals surface area (Å²) in [5.41, 5.74) is 4.35.